The molecule has 0 amide bonds. The summed E-state index contributed by atoms with van der Waals surface area (Å²) in [4.78, 5) is 17.2. The van der Waals surface area contributed by atoms with E-state index in [1.54, 1.807) is 0 Å². The van der Waals surface area contributed by atoms with E-state index in [1.807, 2.05) is 44.3 Å². The molecule has 1 aromatic carbocycles. The van der Waals surface area contributed by atoms with Gasteiger partial charge in [0.25, 0.3) is 0 Å². The maximum absolute atomic E-state index is 12.5. The van der Waals surface area contributed by atoms with E-state index in [9.17, 15) is 4.79 Å². The van der Waals surface area contributed by atoms with Crippen molar-refractivity contribution in [3.8, 4) is 5.75 Å². The summed E-state index contributed by atoms with van der Waals surface area (Å²) in [7, 11) is 0. The molecule has 0 aromatic heterocycles. The van der Waals surface area contributed by atoms with Gasteiger partial charge in [0, 0.05) is 49.5 Å². The van der Waals surface area contributed by atoms with E-state index in [0.29, 0.717) is 12.3 Å². The summed E-state index contributed by atoms with van der Waals surface area (Å²) in [5.74, 6) is 1.52. The third kappa shape index (κ3) is 3.51. The average Bonchev–Trinajstić information content (AvgIpc) is 3.21. The van der Waals surface area contributed by atoms with Gasteiger partial charge in [-0.05, 0) is 61.6 Å². The topological polar surface area (TPSA) is 47.9 Å². The Kier molecular flexibility index (Phi) is 4.77. The van der Waals surface area contributed by atoms with E-state index in [0.717, 1.165) is 60.5 Å². The highest BCUT2D eigenvalue weighted by Crippen LogP contribution is 2.35. The molecule has 1 aromatic rings. The van der Waals surface area contributed by atoms with Crippen LogP contribution in [0.5, 0.6) is 5.75 Å². The molecule has 136 valence electrons. The van der Waals surface area contributed by atoms with Crippen molar-refractivity contribution in [3.63, 3.8) is 0 Å². The van der Waals surface area contributed by atoms with Crippen molar-refractivity contribution >= 4 is 17.1 Å². The lowest BCUT2D eigenvalue weighted by molar-refractivity contribution is -0.112. The number of nitrogens with zero attached hydrogens (tertiary/aromatic N) is 1. The van der Waals surface area contributed by atoms with E-state index in [1.165, 1.54) is 5.71 Å². The molecule has 0 N–H and O–H groups in total. The van der Waals surface area contributed by atoms with E-state index >= 15 is 0 Å². The molecular weight excluding hydrogens is 326 g/mol. The first-order valence-corrected chi connectivity index (χ1v) is 9.48. The monoisotopic (exact) mass is 351 g/mol. The fourth-order valence-electron chi connectivity index (χ4n) is 3.90. The van der Waals surface area contributed by atoms with Crippen LogP contribution in [0.3, 0.4) is 0 Å². The quantitative estimate of drug-likeness (QED) is 0.766. The molecule has 1 fully saturated rings. The van der Waals surface area contributed by atoms with Crippen LogP contribution in [0, 0.1) is 5.92 Å². The van der Waals surface area contributed by atoms with Crippen LogP contribution in [0.4, 0.5) is 0 Å². The number of Topliss-reactive ketones (excluding diaryl/α,β-unsaturated/α-hetero) is 1. The van der Waals surface area contributed by atoms with E-state index < -0.39 is 0 Å². The number of hydrogen-bond donors (Lipinski definition) is 0. The molecule has 0 saturated carbocycles. The number of allylic oxidation sites excluding steroid dienone is 3. The lowest BCUT2D eigenvalue weighted by Crippen LogP contribution is -2.22. The van der Waals surface area contributed by atoms with Gasteiger partial charge in [-0.25, -0.2) is 0 Å². The van der Waals surface area contributed by atoms with Gasteiger partial charge in [0.05, 0.1) is 6.10 Å². The number of fused-ring (bicyclic) bond motifs is 1. The number of carbonyl (C=O) groups is 1. The third-order valence-corrected chi connectivity index (χ3v) is 5.20. The summed E-state index contributed by atoms with van der Waals surface area (Å²) in [5, 5.41) is 0. The van der Waals surface area contributed by atoms with Crippen molar-refractivity contribution in [2.45, 2.75) is 45.6 Å². The highest BCUT2D eigenvalue weighted by atomic mass is 16.5. The minimum atomic E-state index is 0.116. The standard InChI is InChI=1S/C22H25NO3/c1-14(2)26-18-4-3-17-11-22(24)20(19(17)12-18)9-15-10-21(23-13-15)16-5-7-25-8-6-16/h3-4,9,12-14,16H,5-8,10-11H2,1-2H3/b20-9-. The molecule has 0 atom stereocenters. The largest absolute Gasteiger partial charge is 0.491 e. The van der Waals surface area contributed by atoms with Crippen LogP contribution in [-0.4, -0.2) is 30.8 Å². The molecule has 0 spiro atoms. The van der Waals surface area contributed by atoms with Gasteiger partial charge in [-0.3, -0.25) is 9.79 Å². The molecule has 2 aliphatic heterocycles. The summed E-state index contributed by atoms with van der Waals surface area (Å²) in [6.45, 7) is 5.66. The second kappa shape index (κ2) is 7.20. The molecule has 4 rings (SSSR count). The Labute approximate surface area is 154 Å². The van der Waals surface area contributed by atoms with Crippen LogP contribution in [0.15, 0.2) is 41.0 Å². The third-order valence-electron chi connectivity index (χ3n) is 5.20. The smallest absolute Gasteiger partial charge is 0.167 e. The van der Waals surface area contributed by atoms with Crippen LogP contribution in [0.2, 0.25) is 0 Å². The van der Waals surface area contributed by atoms with Gasteiger partial charge in [-0.15, -0.1) is 0 Å². The van der Waals surface area contributed by atoms with Gasteiger partial charge in [-0.1, -0.05) is 6.07 Å². The number of benzene rings is 1. The molecule has 3 aliphatic rings. The summed E-state index contributed by atoms with van der Waals surface area (Å²) in [5.41, 5.74) is 5.25. The first-order valence-electron chi connectivity index (χ1n) is 9.48. The summed E-state index contributed by atoms with van der Waals surface area (Å²) < 4.78 is 11.2. The maximum atomic E-state index is 12.5. The van der Waals surface area contributed by atoms with Crippen LogP contribution in [-0.2, 0) is 16.0 Å². The zero-order chi connectivity index (χ0) is 18.1. The van der Waals surface area contributed by atoms with Crippen molar-refractivity contribution in [2.75, 3.05) is 13.2 Å². The Bertz CT molecular complexity index is 811. The fraction of sp³-hybridized carbons (Fsp3) is 0.455. The van der Waals surface area contributed by atoms with Crippen molar-refractivity contribution in [1.82, 2.24) is 0 Å². The Hall–Kier alpha value is -2.20. The Balaban J connectivity index is 1.53. The minimum Gasteiger partial charge on any atom is -0.491 e. The predicted molar refractivity (Wildman–Crippen MR) is 103 cm³/mol. The molecule has 26 heavy (non-hydrogen) atoms. The zero-order valence-corrected chi connectivity index (χ0v) is 15.5. The molecular formula is C22H25NO3. The Morgan fingerprint density at radius 2 is 2.04 bits per heavy atom. The molecule has 0 unspecified atom stereocenters. The molecule has 0 bridgehead atoms. The highest BCUT2D eigenvalue weighted by Gasteiger charge is 2.27. The molecule has 1 aliphatic carbocycles. The number of carbonyl (C=O) groups excluding carboxylic acids is 1. The number of ether oxygens (including phenoxy) is 2. The maximum Gasteiger partial charge on any atom is 0.167 e. The molecule has 1 saturated heterocycles. The minimum absolute atomic E-state index is 0.116. The summed E-state index contributed by atoms with van der Waals surface area (Å²) in [6, 6.07) is 5.97. The van der Waals surface area contributed by atoms with Crippen LogP contribution in [0.1, 0.15) is 44.2 Å². The first kappa shape index (κ1) is 17.2. The van der Waals surface area contributed by atoms with Gasteiger partial charge < -0.3 is 9.47 Å². The summed E-state index contributed by atoms with van der Waals surface area (Å²) >= 11 is 0. The van der Waals surface area contributed by atoms with Crippen molar-refractivity contribution in [2.24, 2.45) is 10.9 Å². The van der Waals surface area contributed by atoms with Gasteiger partial charge in [-0.2, -0.15) is 0 Å². The SMILES string of the molecule is CC(C)Oc1ccc2c(c1)/C(=C/C1=CN=C(C3CCOCC3)C1)C(=O)C2. The van der Waals surface area contributed by atoms with Crippen molar-refractivity contribution in [3.05, 3.63) is 47.2 Å². The highest BCUT2D eigenvalue weighted by molar-refractivity contribution is 6.26. The lowest BCUT2D eigenvalue weighted by Gasteiger charge is -2.22. The second-order valence-corrected chi connectivity index (χ2v) is 7.53. The predicted octanol–water partition coefficient (Wildman–Crippen LogP) is 4.14. The lowest BCUT2D eigenvalue weighted by atomic mass is 9.91. The first-order chi connectivity index (χ1) is 12.6. The molecule has 4 heteroatoms. The number of rotatable bonds is 4. The molecule has 0 radical (unpaired) electrons. The average molecular weight is 351 g/mol. The van der Waals surface area contributed by atoms with Crippen LogP contribution in [0.25, 0.3) is 5.57 Å². The number of aliphatic imine (C=N–C) groups is 1. The molecule has 2 heterocycles. The van der Waals surface area contributed by atoms with Crippen LogP contribution < -0.4 is 4.74 Å². The fourth-order valence-corrected chi connectivity index (χ4v) is 3.90. The van der Waals surface area contributed by atoms with Crippen LogP contribution >= 0.6 is 0 Å². The van der Waals surface area contributed by atoms with Gasteiger partial charge in [0.1, 0.15) is 5.75 Å². The second-order valence-electron chi connectivity index (χ2n) is 7.53. The van der Waals surface area contributed by atoms with Crippen molar-refractivity contribution in [1.29, 1.82) is 0 Å². The van der Waals surface area contributed by atoms with Gasteiger partial charge in [0.2, 0.25) is 0 Å². The van der Waals surface area contributed by atoms with E-state index in [2.05, 4.69) is 4.99 Å². The number of ketones is 1. The zero-order valence-electron chi connectivity index (χ0n) is 15.5. The molecule has 4 nitrogen and oxygen atoms in total. The Morgan fingerprint density at radius 1 is 1.23 bits per heavy atom. The van der Waals surface area contributed by atoms with E-state index in [-0.39, 0.29) is 11.9 Å². The Morgan fingerprint density at radius 3 is 2.81 bits per heavy atom. The summed E-state index contributed by atoms with van der Waals surface area (Å²) in [6.07, 6.45) is 7.50. The number of hydrogen-bond acceptors (Lipinski definition) is 4. The van der Waals surface area contributed by atoms with E-state index in [4.69, 9.17) is 9.47 Å². The van der Waals surface area contributed by atoms with Crippen molar-refractivity contribution < 1.29 is 14.3 Å². The van der Waals surface area contributed by atoms with Gasteiger partial charge >= 0.3 is 0 Å². The normalized spacial score (nSPS) is 22.0. The van der Waals surface area contributed by atoms with Gasteiger partial charge in [0.15, 0.2) is 5.78 Å².